The van der Waals surface area contributed by atoms with Crippen molar-refractivity contribution in [2.24, 2.45) is 0 Å². The first-order valence-corrected chi connectivity index (χ1v) is 10.1. The van der Waals surface area contributed by atoms with Crippen molar-refractivity contribution >= 4 is 27.5 Å². The minimum absolute atomic E-state index is 0.0396. The van der Waals surface area contributed by atoms with Gasteiger partial charge in [0, 0.05) is 18.5 Å². The Bertz CT molecular complexity index is 1080. The zero-order valence-corrected chi connectivity index (χ0v) is 16.5. The first kappa shape index (κ1) is 18.3. The molecule has 4 rings (SSSR count). The van der Waals surface area contributed by atoms with Crippen LogP contribution in [0.5, 0.6) is 5.75 Å². The number of rotatable bonds is 7. The van der Waals surface area contributed by atoms with E-state index < -0.39 is 0 Å². The predicted molar refractivity (Wildman–Crippen MR) is 114 cm³/mol. The molecule has 0 spiro atoms. The summed E-state index contributed by atoms with van der Waals surface area (Å²) in [6, 6.07) is 22.2. The topological polar surface area (TPSA) is 43.3 Å². The fourth-order valence-electron chi connectivity index (χ4n) is 3.33. The van der Waals surface area contributed by atoms with Crippen LogP contribution in [0.1, 0.15) is 21.6 Å². The van der Waals surface area contributed by atoms with Crippen LogP contribution >= 0.6 is 11.3 Å². The van der Waals surface area contributed by atoms with Gasteiger partial charge < -0.3 is 14.6 Å². The van der Waals surface area contributed by atoms with Gasteiger partial charge in [-0.1, -0.05) is 42.5 Å². The van der Waals surface area contributed by atoms with Crippen LogP contribution < -0.4 is 10.1 Å². The molecule has 4 aromatic rings. The molecule has 2 heterocycles. The lowest BCUT2D eigenvalue weighted by molar-refractivity contribution is 0.0946. The van der Waals surface area contributed by atoms with Crippen molar-refractivity contribution in [3.05, 3.63) is 88.9 Å². The summed E-state index contributed by atoms with van der Waals surface area (Å²) in [5.74, 6) is 0.781. The number of fused-ring (bicyclic) bond motifs is 1. The Morgan fingerprint density at radius 1 is 1.04 bits per heavy atom. The molecule has 1 amide bonds. The number of benzene rings is 2. The number of nitrogens with one attached hydrogen (secondary N) is 1. The molecule has 4 nitrogen and oxygen atoms in total. The van der Waals surface area contributed by atoms with Gasteiger partial charge in [-0.15, -0.1) is 11.3 Å². The SMILES string of the molecule is COc1cccc(Cn2c(C(=O)NCCc3ccccc3)cc3ccsc32)c1. The largest absolute Gasteiger partial charge is 0.497 e. The van der Waals surface area contributed by atoms with Gasteiger partial charge in [0.05, 0.1) is 7.11 Å². The number of hydrogen-bond donors (Lipinski definition) is 1. The summed E-state index contributed by atoms with van der Waals surface area (Å²) in [6.07, 6.45) is 0.817. The lowest BCUT2D eigenvalue weighted by Crippen LogP contribution is -2.28. The maximum atomic E-state index is 12.9. The van der Waals surface area contributed by atoms with Crippen molar-refractivity contribution < 1.29 is 9.53 Å². The van der Waals surface area contributed by atoms with E-state index >= 15 is 0 Å². The molecule has 0 atom stereocenters. The third-order valence-corrected chi connectivity index (χ3v) is 5.70. The molecule has 0 radical (unpaired) electrons. The van der Waals surface area contributed by atoms with E-state index in [-0.39, 0.29) is 5.91 Å². The maximum absolute atomic E-state index is 12.9. The van der Waals surface area contributed by atoms with Crippen molar-refractivity contribution in [2.75, 3.05) is 13.7 Å². The van der Waals surface area contributed by atoms with Crippen molar-refractivity contribution in [1.82, 2.24) is 9.88 Å². The third kappa shape index (κ3) is 3.94. The molecular weight excluding hydrogens is 368 g/mol. The smallest absolute Gasteiger partial charge is 0.267 e. The molecule has 28 heavy (non-hydrogen) atoms. The van der Waals surface area contributed by atoms with Gasteiger partial charge in [-0.05, 0) is 47.2 Å². The highest BCUT2D eigenvalue weighted by Gasteiger charge is 2.16. The fourth-order valence-corrected chi connectivity index (χ4v) is 4.23. The van der Waals surface area contributed by atoms with Crippen molar-refractivity contribution in [3.8, 4) is 5.75 Å². The first-order valence-electron chi connectivity index (χ1n) is 9.26. The van der Waals surface area contributed by atoms with Crippen LogP contribution in [0.4, 0.5) is 0 Å². The van der Waals surface area contributed by atoms with Gasteiger partial charge in [0.25, 0.3) is 5.91 Å². The second kappa shape index (κ2) is 8.31. The third-order valence-electron chi connectivity index (χ3n) is 4.75. The van der Waals surface area contributed by atoms with Gasteiger partial charge >= 0.3 is 0 Å². The quantitative estimate of drug-likeness (QED) is 0.496. The van der Waals surface area contributed by atoms with Gasteiger partial charge in [0.1, 0.15) is 16.3 Å². The number of hydrogen-bond acceptors (Lipinski definition) is 3. The summed E-state index contributed by atoms with van der Waals surface area (Å²) in [5, 5.41) is 6.22. The lowest BCUT2D eigenvalue weighted by atomic mass is 10.1. The van der Waals surface area contributed by atoms with Gasteiger partial charge in [-0.25, -0.2) is 0 Å². The second-order valence-electron chi connectivity index (χ2n) is 6.64. The molecule has 0 aliphatic heterocycles. The van der Waals surface area contributed by atoms with Crippen molar-refractivity contribution in [3.63, 3.8) is 0 Å². The van der Waals surface area contributed by atoms with Crippen LogP contribution in [0.2, 0.25) is 0 Å². The normalized spacial score (nSPS) is 10.9. The van der Waals surface area contributed by atoms with E-state index in [2.05, 4.69) is 39.5 Å². The number of carbonyl (C=O) groups is 1. The molecule has 2 aromatic heterocycles. The molecule has 142 valence electrons. The highest BCUT2D eigenvalue weighted by Crippen LogP contribution is 2.27. The van der Waals surface area contributed by atoms with Crippen LogP contribution in [-0.2, 0) is 13.0 Å². The zero-order valence-electron chi connectivity index (χ0n) is 15.7. The molecule has 0 aliphatic carbocycles. The summed E-state index contributed by atoms with van der Waals surface area (Å²) < 4.78 is 7.42. The minimum atomic E-state index is -0.0396. The standard InChI is InChI=1S/C23H22N2O2S/c1-27-20-9-5-8-18(14-20)16-25-21(15-19-11-13-28-23(19)25)22(26)24-12-10-17-6-3-2-4-7-17/h2-9,11,13-15H,10,12,16H2,1H3,(H,24,26). The van der Waals surface area contributed by atoms with Crippen LogP contribution in [0.25, 0.3) is 10.2 Å². The molecule has 1 N–H and O–H groups in total. The molecule has 0 saturated carbocycles. The van der Waals surface area contributed by atoms with E-state index in [1.165, 1.54) is 5.56 Å². The Kier molecular flexibility index (Phi) is 5.44. The number of carbonyl (C=O) groups excluding carboxylic acids is 1. The number of nitrogens with zero attached hydrogens (tertiary/aromatic N) is 1. The number of methoxy groups -OCH3 is 1. The minimum Gasteiger partial charge on any atom is -0.497 e. The Hall–Kier alpha value is -3.05. The van der Waals surface area contributed by atoms with Crippen LogP contribution in [-0.4, -0.2) is 24.1 Å². The second-order valence-corrected chi connectivity index (χ2v) is 7.53. The predicted octanol–water partition coefficient (Wildman–Crippen LogP) is 4.73. The monoisotopic (exact) mass is 390 g/mol. The van der Waals surface area contributed by atoms with Crippen LogP contribution in [0.15, 0.2) is 72.1 Å². The first-order chi connectivity index (χ1) is 13.7. The molecule has 0 fully saturated rings. The van der Waals surface area contributed by atoms with Gasteiger partial charge in [-0.3, -0.25) is 4.79 Å². The Morgan fingerprint density at radius 3 is 2.68 bits per heavy atom. The number of ether oxygens (including phenoxy) is 1. The lowest BCUT2D eigenvalue weighted by Gasteiger charge is -2.12. The average molecular weight is 391 g/mol. The molecule has 0 aliphatic rings. The molecule has 2 aromatic carbocycles. The maximum Gasteiger partial charge on any atom is 0.267 e. The van der Waals surface area contributed by atoms with Gasteiger partial charge in [0.2, 0.25) is 0 Å². The summed E-state index contributed by atoms with van der Waals surface area (Å²) in [4.78, 5) is 14.0. The highest BCUT2D eigenvalue weighted by molar-refractivity contribution is 7.16. The van der Waals surface area contributed by atoms with Crippen molar-refractivity contribution in [2.45, 2.75) is 13.0 Å². The van der Waals surface area contributed by atoms with E-state index in [1.807, 2.05) is 42.5 Å². The summed E-state index contributed by atoms with van der Waals surface area (Å²) >= 11 is 1.65. The molecule has 0 unspecified atom stereocenters. The zero-order chi connectivity index (χ0) is 19.3. The van der Waals surface area contributed by atoms with E-state index in [1.54, 1.807) is 18.4 Å². The highest BCUT2D eigenvalue weighted by atomic mass is 32.1. The van der Waals surface area contributed by atoms with Crippen LogP contribution in [0.3, 0.4) is 0 Å². The Balaban J connectivity index is 1.54. The van der Waals surface area contributed by atoms with Crippen molar-refractivity contribution in [1.29, 1.82) is 0 Å². The van der Waals surface area contributed by atoms with E-state index in [4.69, 9.17) is 4.74 Å². The van der Waals surface area contributed by atoms with E-state index in [0.29, 0.717) is 18.8 Å². The number of thiophene rings is 1. The molecule has 0 saturated heterocycles. The Labute approximate surface area is 168 Å². The van der Waals surface area contributed by atoms with E-state index in [9.17, 15) is 4.79 Å². The molecule has 0 bridgehead atoms. The van der Waals surface area contributed by atoms with E-state index in [0.717, 1.165) is 28.0 Å². The fraction of sp³-hybridized carbons (Fsp3) is 0.174. The molecular formula is C23H22N2O2S. The molecule has 5 heteroatoms. The average Bonchev–Trinajstić information content (AvgIpc) is 3.32. The summed E-state index contributed by atoms with van der Waals surface area (Å²) in [7, 11) is 1.66. The number of aromatic nitrogens is 1. The summed E-state index contributed by atoms with van der Waals surface area (Å²) in [6.45, 7) is 1.24. The van der Waals surface area contributed by atoms with Crippen LogP contribution in [0, 0.1) is 0 Å². The van der Waals surface area contributed by atoms with Gasteiger partial charge in [-0.2, -0.15) is 0 Å². The number of amides is 1. The Morgan fingerprint density at radius 2 is 1.86 bits per heavy atom. The van der Waals surface area contributed by atoms with Gasteiger partial charge in [0.15, 0.2) is 0 Å². The summed E-state index contributed by atoms with van der Waals surface area (Å²) in [5.41, 5.74) is 3.01.